The lowest BCUT2D eigenvalue weighted by Crippen LogP contribution is -2.28. The van der Waals surface area contributed by atoms with Gasteiger partial charge in [-0.05, 0) is 46.6 Å². The quantitative estimate of drug-likeness (QED) is 0.675. The normalized spacial score (nSPS) is 10.8. The molecule has 0 bridgehead atoms. The highest BCUT2D eigenvalue weighted by Crippen LogP contribution is 2.19. The summed E-state index contributed by atoms with van der Waals surface area (Å²) in [5.41, 5.74) is 2.62. The van der Waals surface area contributed by atoms with Gasteiger partial charge in [-0.1, -0.05) is 12.1 Å². The van der Waals surface area contributed by atoms with Crippen LogP contribution < -0.4 is 0 Å². The van der Waals surface area contributed by atoms with Crippen LogP contribution in [0.25, 0.3) is 5.69 Å². The molecule has 2 aromatic heterocycles. The van der Waals surface area contributed by atoms with Crippen LogP contribution in [0.15, 0.2) is 53.4 Å². The zero-order chi connectivity index (χ0) is 17.1. The van der Waals surface area contributed by atoms with E-state index in [2.05, 4.69) is 26.1 Å². The van der Waals surface area contributed by atoms with Gasteiger partial charge in [0.15, 0.2) is 0 Å². The molecule has 0 aliphatic carbocycles. The van der Waals surface area contributed by atoms with Crippen LogP contribution >= 0.6 is 15.9 Å². The number of rotatable bonds is 5. The van der Waals surface area contributed by atoms with Gasteiger partial charge in [-0.15, -0.1) is 0 Å². The molecule has 3 aromatic rings. The van der Waals surface area contributed by atoms with Gasteiger partial charge in [0, 0.05) is 32.5 Å². The zero-order valence-corrected chi connectivity index (χ0v) is 15.1. The minimum Gasteiger partial charge on any atom is -0.336 e. The molecule has 0 aliphatic heterocycles. The van der Waals surface area contributed by atoms with Crippen LogP contribution in [0.3, 0.4) is 0 Å². The minimum atomic E-state index is -0.0580. The van der Waals surface area contributed by atoms with E-state index < -0.39 is 0 Å². The van der Waals surface area contributed by atoms with E-state index in [1.165, 1.54) is 0 Å². The van der Waals surface area contributed by atoms with Crippen LogP contribution in [0.4, 0.5) is 0 Å². The van der Waals surface area contributed by atoms with E-state index in [4.69, 9.17) is 0 Å². The maximum absolute atomic E-state index is 12.7. The van der Waals surface area contributed by atoms with Gasteiger partial charge in [0.2, 0.25) is 0 Å². The Morgan fingerprint density at radius 2 is 2.00 bits per heavy atom. The first-order valence-electron chi connectivity index (χ1n) is 7.66. The van der Waals surface area contributed by atoms with E-state index in [1.807, 2.05) is 43.5 Å². The molecule has 3 rings (SSSR count). The van der Waals surface area contributed by atoms with E-state index in [-0.39, 0.29) is 5.91 Å². The lowest BCUT2D eigenvalue weighted by atomic mass is 10.2. The summed E-state index contributed by atoms with van der Waals surface area (Å²) in [6.45, 7) is 3.14. The van der Waals surface area contributed by atoms with E-state index in [1.54, 1.807) is 33.7 Å². The van der Waals surface area contributed by atoms with Crippen molar-refractivity contribution in [3.05, 3.63) is 64.7 Å². The third-order valence-electron chi connectivity index (χ3n) is 3.77. The first kappa shape index (κ1) is 16.4. The lowest BCUT2D eigenvalue weighted by molar-refractivity contribution is 0.0772. The lowest BCUT2D eigenvalue weighted by Gasteiger charge is -2.18. The van der Waals surface area contributed by atoms with Crippen molar-refractivity contribution in [3.8, 4) is 5.69 Å². The fourth-order valence-corrected chi connectivity index (χ4v) is 2.98. The number of carbonyl (C=O) groups is 1. The Morgan fingerprint density at radius 1 is 1.25 bits per heavy atom. The highest BCUT2D eigenvalue weighted by Gasteiger charge is 2.20. The second-order valence-corrected chi connectivity index (χ2v) is 6.29. The molecule has 6 nitrogen and oxygen atoms in total. The Morgan fingerprint density at radius 3 is 2.62 bits per heavy atom. The number of halogens is 1. The van der Waals surface area contributed by atoms with Crippen LogP contribution in [0.5, 0.6) is 0 Å². The predicted octanol–water partition coefficient (Wildman–Crippen LogP) is 3.12. The Balaban J connectivity index is 1.73. The molecule has 0 unspecified atom stereocenters. The van der Waals surface area contributed by atoms with Crippen LogP contribution in [-0.4, -0.2) is 37.4 Å². The molecule has 2 heterocycles. The van der Waals surface area contributed by atoms with Crippen molar-refractivity contribution in [2.75, 3.05) is 7.05 Å². The molecule has 24 heavy (non-hydrogen) atoms. The van der Waals surface area contributed by atoms with E-state index in [0.29, 0.717) is 18.8 Å². The molecule has 0 aliphatic rings. The van der Waals surface area contributed by atoms with Crippen molar-refractivity contribution in [2.24, 2.45) is 0 Å². The van der Waals surface area contributed by atoms with Crippen molar-refractivity contribution in [1.82, 2.24) is 24.5 Å². The molecule has 124 valence electrons. The van der Waals surface area contributed by atoms with Crippen molar-refractivity contribution < 1.29 is 4.79 Å². The average molecular weight is 388 g/mol. The number of hydrogen-bond donors (Lipinski definition) is 0. The Labute approximate surface area is 148 Å². The Kier molecular flexibility index (Phi) is 4.80. The summed E-state index contributed by atoms with van der Waals surface area (Å²) in [6.07, 6.45) is 5.30. The highest BCUT2D eigenvalue weighted by atomic mass is 79.9. The first-order valence-corrected chi connectivity index (χ1v) is 8.45. The predicted molar refractivity (Wildman–Crippen MR) is 95.0 cm³/mol. The standard InChI is InChI=1S/C17H18BrN5O/c1-3-22-16(15(18)11-20-22)17(24)21(2)12-13-5-7-14(8-6-13)23-10-4-9-19-23/h4-11H,3,12H2,1-2H3. The third-order valence-corrected chi connectivity index (χ3v) is 4.35. The van der Waals surface area contributed by atoms with Gasteiger partial charge in [0.1, 0.15) is 5.69 Å². The number of aromatic nitrogens is 4. The number of benzene rings is 1. The largest absolute Gasteiger partial charge is 0.336 e. The Bertz CT molecular complexity index is 823. The minimum absolute atomic E-state index is 0.0580. The van der Waals surface area contributed by atoms with E-state index in [0.717, 1.165) is 15.7 Å². The Hall–Kier alpha value is -2.41. The van der Waals surface area contributed by atoms with Gasteiger partial charge in [-0.25, -0.2) is 4.68 Å². The van der Waals surface area contributed by atoms with Crippen LogP contribution in [0, 0.1) is 0 Å². The van der Waals surface area contributed by atoms with Crippen molar-refractivity contribution >= 4 is 21.8 Å². The molecule has 0 radical (unpaired) electrons. The highest BCUT2D eigenvalue weighted by molar-refractivity contribution is 9.10. The summed E-state index contributed by atoms with van der Waals surface area (Å²) in [5, 5.41) is 8.40. The molecule has 0 saturated carbocycles. The number of nitrogens with zero attached hydrogens (tertiary/aromatic N) is 5. The summed E-state index contributed by atoms with van der Waals surface area (Å²) in [4.78, 5) is 14.4. The maximum Gasteiger partial charge on any atom is 0.273 e. The zero-order valence-electron chi connectivity index (χ0n) is 13.6. The van der Waals surface area contributed by atoms with Crippen molar-refractivity contribution in [1.29, 1.82) is 0 Å². The SMILES string of the molecule is CCn1ncc(Br)c1C(=O)N(C)Cc1ccc(-n2cccn2)cc1. The molecule has 7 heteroatoms. The molecule has 1 aromatic carbocycles. The molecule has 0 saturated heterocycles. The topological polar surface area (TPSA) is 56.0 Å². The fraction of sp³-hybridized carbons (Fsp3) is 0.235. The number of amides is 1. The van der Waals surface area contributed by atoms with E-state index in [9.17, 15) is 4.79 Å². The second-order valence-electron chi connectivity index (χ2n) is 5.44. The van der Waals surface area contributed by atoms with Gasteiger partial charge in [-0.3, -0.25) is 9.48 Å². The molecule has 1 amide bonds. The first-order chi connectivity index (χ1) is 11.6. The summed E-state index contributed by atoms with van der Waals surface area (Å²) in [5.74, 6) is -0.0580. The third kappa shape index (κ3) is 3.26. The molecule has 0 spiro atoms. The van der Waals surface area contributed by atoms with Crippen LogP contribution in [0.2, 0.25) is 0 Å². The number of carbonyl (C=O) groups excluding carboxylic acids is 1. The smallest absolute Gasteiger partial charge is 0.273 e. The van der Waals surface area contributed by atoms with Gasteiger partial charge >= 0.3 is 0 Å². The van der Waals surface area contributed by atoms with Gasteiger partial charge in [0.25, 0.3) is 5.91 Å². The monoisotopic (exact) mass is 387 g/mol. The van der Waals surface area contributed by atoms with Gasteiger partial charge in [-0.2, -0.15) is 10.2 Å². The van der Waals surface area contributed by atoms with Crippen LogP contribution in [-0.2, 0) is 13.1 Å². The van der Waals surface area contributed by atoms with Gasteiger partial charge < -0.3 is 4.90 Å². The summed E-state index contributed by atoms with van der Waals surface area (Å²) < 4.78 is 4.22. The van der Waals surface area contributed by atoms with Crippen molar-refractivity contribution in [3.63, 3.8) is 0 Å². The second kappa shape index (κ2) is 7.00. The average Bonchev–Trinajstić information content (AvgIpc) is 3.24. The van der Waals surface area contributed by atoms with Gasteiger partial charge in [0.05, 0.1) is 16.4 Å². The molecule has 0 fully saturated rings. The summed E-state index contributed by atoms with van der Waals surface area (Å²) >= 11 is 3.40. The molecule has 0 N–H and O–H groups in total. The fourth-order valence-electron chi connectivity index (χ4n) is 2.52. The molecular weight excluding hydrogens is 370 g/mol. The number of aryl methyl sites for hydroxylation is 1. The molecule has 0 atom stereocenters. The molecular formula is C17H18BrN5O. The van der Waals surface area contributed by atoms with Crippen LogP contribution in [0.1, 0.15) is 23.0 Å². The number of hydrogen-bond acceptors (Lipinski definition) is 3. The maximum atomic E-state index is 12.7. The van der Waals surface area contributed by atoms with E-state index >= 15 is 0 Å². The summed E-state index contributed by atoms with van der Waals surface area (Å²) in [7, 11) is 1.79. The summed E-state index contributed by atoms with van der Waals surface area (Å²) in [6, 6.07) is 9.88. The van der Waals surface area contributed by atoms with Crippen molar-refractivity contribution in [2.45, 2.75) is 20.0 Å².